The minimum absolute atomic E-state index is 0.182. The number of halogens is 3. The molecule has 0 spiro atoms. The molecule has 5 nitrogen and oxygen atoms in total. The highest BCUT2D eigenvalue weighted by Gasteiger charge is 2.12. The van der Waals surface area contributed by atoms with Gasteiger partial charge in [0.25, 0.3) is 0 Å². The summed E-state index contributed by atoms with van der Waals surface area (Å²) in [4.78, 5) is 0. The topological polar surface area (TPSA) is 47.7 Å². The third-order valence-corrected chi connectivity index (χ3v) is 2.70. The Kier molecular flexibility index (Phi) is 4.20. The average Bonchev–Trinajstić information content (AvgIpc) is 2.97. The lowest BCUT2D eigenvalue weighted by Gasteiger charge is -2.07. The summed E-state index contributed by atoms with van der Waals surface area (Å²) in [7, 11) is 0. The third-order valence-electron chi connectivity index (χ3n) is 2.70. The lowest BCUT2D eigenvalue weighted by Crippen LogP contribution is -2.17. The number of nitrogens with zero attached hydrogens (tertiary/aromatic N) is 4. The summed E-state index contributed by atoms with van der Waals surface area (Å²) in [5.74, 6) is -0.405. The fourth-order valence-corrected chi connectivity index (χ4v) is 1.73. The summed E-state index contributed by atoms with van der Waals surface area (Å²) in [5.41, 5.74) is 0.753. The number of aromatic nitrogens is 4. The molecule has 0 saturated heterocycles. The van der Waals surface area contributed by atoms with Crippen molar-refractivity contribution in [2.45, 2.75) is 33.1 Å². The van der Waals surface area contributed by atoms with E-state index in [-0.39, 0.29) is 13.1 Å². The number of rotatable bonds is 6. The second-order valence-corrected chi connectivity index (χ2v) is 3.92. The van der Waals surface area contributed by atoms with Crippen LogP contribution < -0.4 is 5.32 Å². The van der Waals surface area contributed by atoms with Crippen LogP contribution in [0.2, 0.25) is 0 Å². The van der Waals surface area contributed by atoms with Crippen LogP contribution in [0.3, 0.4) is 0 Å². The van der Waals surface area contributed by atoms with Crippen LogP contribution >= 0.6 is 0 Å². The highest BCUT2D eigenvalue weighted by Crippen LogP contribution is 2.12. The SMILES string of the molecule is CCn1ncc(CNCc2ccnn2C(F)F)c1F. The first-order valence-corrected chi connectivity index (χ1v) is 5.85. The van der Waals surface area contributed by atoms with Gasteiger partial charge in [-0.3, -0.25) is 0 Å². The Morgan fingerprint density at radius 2 is 2.11 bits per heavy atom. The van der Waals surface area contributed by atoms with E-state index >= 15 is 0 Å². The first kappa shape index (κ1) is 13.6. The van der Waals surface area contributed by atoms with Crippen molar-refractivity contribution in [1.29, 1.82) is 0 Å². The molecule has 8 heteroatoms. The van der Waals surface area contributed by atoms with Crippen molar-refractivity contribution >= 4 is 0 Å². The van der Waals surface area contributed by atoms with E-state index in [1.54, 1.807) is 6.92 Å². The Morgan fingerprint density at radius 1 is 1.32 bits per heavy atom. The first-order valence-electron chi connectivity index (χ1n) is 5.85. The van der Waals surface area contributed by atoms with Crippen LogP contribution in [-0.2, 0) is 19.6 Å². The molecule has 0 aliphatic rings. The van der Waals surface area contributed by atoms with Gasteiger partial charge < -0.3 is 5.32 Å². The van der Waals surface area contributed by atoms with Gasteiger partial charge in [-0.25, -0.2) is 9.36 Å². The molecule has 0 amide bonds. The van der Waals surface area contributed by atoms with E-state index in [0.29, 0.717) is 22.5 Å². The number of nitrogens with one attached hydrogen (secondary N) is 1. The molecular weight excluding hydrogens is 259 g/mol. The molecule has 2 aromatic rings. The maximum Gasteiger partial charge on any atom is 0.333 e. The average molecular weight is 273 g/mol. The molecule has 0 bridgehead atoms. The molecule has 2 heterocycles. The minimum Gasteiger partial charge on any atom is -0.307 e. The predicted octanol–water partition coefficient (Wildman–Crippen LogP) is 1.92. The highest BCUT2D eigenvalue weighted by molar-refractivity contribution is 5.07. The van der Waals surface area contributed by atoms with E-state index in [4.69, 9.17) is 0 Å². The lowest BCUT2D eigenvalue weighted by atomic mass is 10.3. The number of alkyl halides is 2. The molecule has 19 heavy (non-hydrogen) atoms. The molecule has 0 unspecified atom stereocenters. The van der Waals surface area contributed by atoms with Crippen LogP contribution in [0.15, 0.2) is 18.5 Å². The fraction of sp³-hybridized carbons (Fsp3) is 0.455. The van der Waals surface area contributed by atoms with Crippen molar-refractivity contribution in [1.82, 2.24) is 24.9 Å². The zero-order chi connectivity index (χ0) is 13.8. The summed E-state index contributed by atoms with van der Waals surface area (Å²) in [6, 6.07) is 1.49. The Morgan fingerprint density at radius 3 is 2.74 bits per heavy atom. The molecule has 104 valence electrons. The van der Waals surface area contributed by atoms with Gasteiger partial charge in [-0.1, -0.05) is 0 Å². The molecule has 0 radical (unpaired) electrons. The van der Waals surface area contributed by atoms with E-state index in [1.165, 1.54) is 23.1 Å². The standard InChI is InChI=1S/C11H14F3N5/c1-2-18-10(12)8(6-17-18)5-15-7-9-3-4-16-19(9)11(13)14/h3-4,6,11,15H,2,5,7H2,1H3. The van der Waals surface area contributed by atoms with Crippen molar-refractivity contribution < 1.29 is 13.2 Å². The van der Waals surface area contributed by atoms with Crippen LogP contribution in [0.4, 0.5) is 13.2 Å². The molecule has 0 aromatic carbocycles. The van der Waals surface area contributed by atoms with Crippen LogP contribution in [0, 0.1) is 5.95 Å². The Balaban J connectivity index is 1.93. The Bertz CT molecular complexity index is 534. The summed E-state index contributed by atoms with van der Waals surface area (Å²) in [5, 5.41) is 10.3. The first-order chi connectivity index (χ1) is 9.13. The van der Waals surface area contributed by atoms with Crippen molar-refractivity contribution in [2.75, 3.05) is 0 Å². The van der Waals surface area contributed by atoms with Crippen molar-refractivity contribution in [2.24, 2.45) is 0 Å². The molecule has 1 N–H and O–H groups in total. The summed E-state index contributed by atoms with van der Waals surface area (Å²) < 4.78 is 40.5. The molecular formula is C11H14F3N5. The zero-order valence-electron chi connectivity index (χ0n) is 10.4. The summed E-state index contributed by atoms with van der Waals surface area (Å²) in [6.07, 6.45) is 2.73. The number of hydrogen-bond donors (Lipinski definition) is 1. The fourth-order valence-electron chi connectivity index (χ4n) is 1.73. The van der Waals surface area contributed by atoms with Crippen molar-refractivity contribution in [3.63, 3.8) is 0 Å². The maximum atomic E-state index is 13.6. The molecule has 0 aliphatic heterocycles. The van der Waals surface area contributed by atoms with Gasteiger partial charge in [-0.2, -0.15) is 23.4 Å². The molecule has 2 rings (SSSR count). The lowest BCUT2D eigenvalue weighted by molar-refractivity contribution is 0.0531. The van der Waals surface area contributed by atoms with Crippen LogP contribution in [0.1, 0.15) is 24.7 Å². The van der Waals surface area contributed by atoms with E-state index < -0.39 is 12.5 Å². The normalized spacial score (nSPS) is 11.4. The van der Waals surface area contributed by atoms with E-state index in [1.807, 2.05) is 0 Å². The third kappa shape index (κ3) is 2.95. The summed E-state index contributed by atoms with van der Waals surface area (Å²) in [6.45, 7) is -0.0360. The Labute approximate surface area is 108 Å². The van der Waals surface area contributed by atoms with Crippen molar-refractivity contribution in [3.8, 4) is 0 Å². The predicted molar refractivity (Wildman–Crippen MR) is 61.9 cm³/mol. The monoisotopic (exact) mass is 273 g/mol. The van der Waals surface area contributed by atoms with E-state index in [2.05, 4.69) is 15.5 Å². The quantitative estimate of drug-likeness (QED) is 0.874. The summed E-state index contributed by atoms with van der Waals surface area (Å²) >= 11 is 0. The minimum atomic E-state index is -2.67. The maximum absolute atomic E-state index is 13.6. The van der Waals surface area contributed by atoms with Gasteiger partial charge in [-0.15, -0.1) is 0 Å². The van der Waals surface area contributed by atoms with Crippen molar-refractivity contribution in [3.05, 3.63) is 35.7 Å². The second kappa shape index (κ2) is 5.87. The van der Waals surface area contributed by atoms with Gasteiger partial charge in [-0.05, 0) is 13.0 Å². The molecule has 0 fully saturated rings. The molecule has 0 aliphatic carbocycles. The zero-order valence-corrected chi connectivity index (χ0v) is 10.4. The van der Waals surface area contributed by atoms with Gasteiger partial charge in [0.2, 0.25) is 5.95 Å². The van der Waals surface area contributed by atoms with Crippen LogP contribution in [-0.4, -0.2) is 19.6 Å². The molecule has 0 saturated carbocycles. The van der Waals surface area contributed by atoms with Crippen LogP contribution in [0.5, 0.6) is 0 Å². The smallest absolute Gasteiger partial charge is 0.307 e. The van der Waals surface area contributed by atoms with Crippen LogP contribution in [0.25, 0.3) is 0 Å². The molecule has 2 aromatic heterocycles. The number of hydrogen-bond acceptors (Lipinski definition) is 3. The Hall–Kier alpha value is -1.83. The van der Waals surface area contributed by atoms with Gasteiger partial charge in [0, 0.05) is 31.4 Å². The highest BCUT2D eigenvalue weighted by atomic mass is 19.3. The second-order valence-electron chi connectivity index (χ2n) is 3.92. The van der Waals surface area contributed by atoms with E-state index in [9.17, 15) is 13.2 Å². The van der Waals surface area contributed by atoms with E-state index in [0.717, 1.165) is 0 Å². The van der Waals surface area contributed by atoms with Gasteiger partial charge in [0.1, 0.15) is 0 Å². The van der Waals surface area contributed by atoms with Gasteiger partial charge in [0.15, 0.2) is 0 Å². The molecule has 0 atom stereocenters. The van der Waals surface area contributed by atoms with Gasteiger partial charge >= 0.3 is 6.55 Å². The number of aryl methyl sites for hydroxylation is 1. The van der Waals surface area contributed by atoms with Gasteiger partial charge in [0.05, 0.1) is 11.9 Å². The largest absolute Gasteiger partial charge is 0.333 e.